The maximum absolute atomic E-state index is 11.4. The van der Waals surface area contributed by atoms with Gasteiger partial charge in [0, 0.05) is 13.0 Å². The lowest BCUT2D eigenvalue weighted by molar-refractivity contribution is 0.0528. The topological polar surface area (TPSA) is 106 Å². The Morgan fingerprint density at radius 1 is 1.32 bits per heavy atom. The van der Waals surface area contributed by atoms with Crippen LogP contribution in [0.1, 0.15) is 37.0 Å². The van der Waals surface area contributed by atoms with Gasteiger partial charge in [-0.1, -0.05) is 0 Å². The summed E-state index contributed by atoms with van der Waals surface area (Å²) in [5.74, 6) is -0.569. The summed E-state index contributed by atoms with van der Waals surface area (Å²) < 4.78 is 9.63. The van der Waals surface area contributed by atoms with Crippen molar-refractivity contribution in [2.24, 2.45) is 0 Å². The molecule has 0 spiro atoms. The van der Waals surface area contributed by atoms with Crippen molar-refractivity contribution < 1.29 is 19.1 Å². The van der Waals surface area contributed by atoms with Crippen molar-refractivity contribution in [3.05, 3.63) is 11.4 Å². The first-order chi connectivity index (χ1) is 8.83. The lowest BCUT2D eigenvalue weighted by atomic mass is 10.2. The van der Waals surface area contributed by atoms with Crippen LogP contribution in [0.25, 0.3) is 0 Å². The van der Waals surface area contributed by atoms with Crippen LogP contribution in [-0.2, 0) is 15.9 Å². The molecule has 1 rings (SSSR count). The first-order valence-corrected chi connectivity index (χ1v) is 5.78. The molecule has 1 aromatic rings. The van der Waals surface area contributed by atoms with E-state index in [1.807, 2.05) is 0 Å². The number of methoxy groups -OCH3 is 1. The van der Waals surface area contributed by atoms with E-state index in [1.54, 1.807) is 20.8 Å². The van der Waals surface area contributed by atoms with Gasteiger partial charge in [0.15, 0.2) is 5.69 Å². The molecule has 0 aliphatic rings. The summed E-state index contributed by atoms with van der Waals surface area (Å²) in [7, 11) is 1.26. The SMILES string of the molecule is COC(=O)c1n[nH]nc1CCNC(=O)OC(C)(C)C. The minimum Gasteiger partial charge on any atom is -0.464 e. The number of alkyl carbamates (subject to hydrolysis) is 1. The molecule has 0 radical (unpaired) electrons. The van der Waals surface area contributed by atoms with E-state index in [9.17, 15) is 9.59 Å². The number of rotatable bonds is 4. The van der Waals surface area contributed by atoms with Crippen LogP contribution in [0.2, 0.25) is 0 Å². The first-order valence-electron chi connectivity index (χ1n) is 5.78. The maximum Gasteiger partial charge on any atom is 0.407 e. The van der Waals surface area contributed by atoms with E-state index in [0.29, 0.717) is 12.1 Å². The second kappa shape index (κ2) is 6.17. The highest BCUT2D eigenvalue weighted by Gasteiger charge is 2.18. The number of amides is 1. The Kier molecular flexibility index (Phi) is 4.85. The van der Waals surface area contributed by atoms with Gasteiger partial charge in [-0.2, -0.15) is 10.3 Å². The number of carbonyl (C=O) groups excluding carboxylic acids is 2. The average molecular weight is 270 g/mol. The van der Waals surface area contributed by atoms with Crippen LogP contribution in [0.4, 0.5) is 4.79 Å². The summed E-state index contributed by atoms with van der Waals surface area (Å²) in [5, 5.41) is 12.4. The van der Waals surface area contributed by atoms with Crippen molar-refractivity contribution >= 4 is 12.1 Å². The molecule has 0 unspecified atom stereocenters. The van der Waals surface area contributed by atoms with Crippen LogP contribution in [0, 0.1) is 0 Å². The summed E-state index contributed by atoms with van der Waals surface area (Å²) in [6.07, 6.45) is -0.171. The summed E-state index contributed by atoms with van der Waals surface area (Å²) in [6.45, 7) is 5.62. The fraction of sp³-hybridized carbons (Fsp3) is 0.636. The predicted molar refractivity (Wildman–Crippen MR) is 65.7 cm³/mol. The van der Waals surface area contributed by atoms with E-state index in [1.165, 1.54) is 7.11 Å². The zero-order chi connectivity index (χ0) is 14.5. The molecule has 0 bridgehead atoms. The van der Waals surface area contributed by atoms with E-state index >= 15 is 0 Å². The number of esters is 1. The van der Waals surface area contributed by atoms with Crippen LogP contribution < -0.4 is 5.32 Å². The molecule has 0 aromatic carbocycles. The summed E-state index contributed by atoms with van der Waals surface area (Å²) in [4.78, 5) is 22.7. The minimum absolute atomic E-state index is 0.119. The third kappa shape index (κ3) is 4.94. The third-order valence-electron chi connectivity index (χ3n) is 2.03. The Morgan fingerprint density at radius 2 is 2.00 bits per heavy atom. The van der Waals surface area contributed by atoms with Gasteiger partial charge < -0.3 is 14.8 Å². The fourth-order valence-electron chi connectivity index (χ4n) is 1.28. The Labute approximate surface area is 110 Å². The van der Waals surface area contributed by atoms with E-state index in [0.717, 1.165) is 0 Å². The van der Waals surface area contributed by atoms with E-state index in [4.69, 9.17) is 4.74 Å². The number of aromatic amines is 1. The number of H-pyrrole nitrogens is 1. The number of aromatic nitrogens is 3. The summed E-state index contributed by atoms with van der Waals surface area (Å²) in [6, 6.07) is 0. The molecule has 0 saturated carbocycles. The normalized spacial score (nSPS) is 10.9. The highest BCUT2D eigenvalue weighted by molar-refractivity contribution is 5.88. The molecule has 19 heavy (non-hydrogen) atoms. The van der Waals surface area contributed by atoms with Gasteiger partial charge in [0.05, 0.1) is 12.8 Å². The van der Waals surface area contributed by atoms with Crippen LogP contribution in [-0.4, -0.2) is 46.7 Å². The Morgan fingerprint density at radius 3 is 2.58 bits per heavy atom. The molecule has 2 N–H and O–H groups in total. The molecule has 0 fully saturated rings. The fourth-order valence-corrected chi connectivity index (χ4v) is 1.28. The predicted octanol–water partition coefficient (Wildman–Crippen LogP) is 0.658. The number of nitrogens with one attached hydrogen (secondary N) is 2. The van der Waals surface area contributed by atoms with Crippen molar-refractivity contribution in [1.29, 1.82) is 0 Å². The molecular formula is C11H18N4O4. The average Bonchev–Trinajstić information content (AvgIpc) is 2.74. The van der Waals surface area contributed by atoms with Crippen LogP contribution >= 0.6 is 0 Å². The molecule has 0 saturated heterocycles. The van der Waals surface area contributed by atoms with Gasteiger partial charge in [-0.25, -0.2) is 9.59 Å². The van der Waals surface area contributed by atoms with Crippen LogP contribution in [0.3, 0.4) is 0 Å². The third-order valence-corrected chi connectivity index (χ3v) is 2.03. The van der Waals surface area contributed by atoms with Gasteiger partial charge in [-0.3, -0.25) is 0 Å². The number of hydrogen-bond acceptors (Lipinski definition) is 6. The van der Waals surface area contributed by atoms with Crippen molar-refractivity contribution in [3.63, 3.8) is 0 Å². The minimum atomic E-state index is -0.569. The molecule has 1 amide bonds. The number of hydrogen-bond donors (Lipinski definition) is 2. The van der Waals surface area contributed by atoms with Gasteiger partial charge in [0.1, 0.15) is 5.60 Å². The number of nitrogens with zero attached hydrogens (tertiary/aromatic N) is 2. The van der Waals surface area contributed by atoms with Gasteiger partial charge in [-0.05, 0) is 20.8 Å². The van der Waals surface area contributed by atoms with Gasteiger partial charge in [-0.15, -0.1) is 5.10 Å². The number of ether oxygens (including phenoxy) is 2. The molecule has 8 nitrogen and oxygen atoms in total. The molecule has 0 aliphatic carbocycles. The molecule has 0 atom stereocenters. The van der Waals surface area contributed by atoms with Crippen LogP contribution in [0.15, 0.2) is 0 Å². The van der Waals surface area contributed by atoms with Crippen molar-refractivity contribution in [1.82, 2.24) is 20.7 Å². The lowest BCUT2D eigenvalue weighted by Gasteiger charge is -2.19. The standard InChI is InChI=1S/C11H18N4O4/c1-11(2,3)19-10(17)12-6-5-7-8(9(16)18-4)14-15-13-7/h5-6H2,1-4H3,(H,12,17)(H,13,14,15). The quantitative estimate of drug-likeness (QED) is 0.778. The second-order valence-electron chi connectivity index (χ2n) is 4.79. The Bertz CT molecular complexity index is 450. The summed E-state index contributed by atoms with van der Waals surface area (Å²) in [5.41, 5.74) is 0.00574. The number of carbonyl (C=O) groups is 2. The second-order valence-corrected chi connectivity index (χ2v) is 4.79. The van der Waals surface area contributed by atoms with Crippen molar-refractivity contribution in [2.75, 3.05) is 13.7 Å². The monoisotopic (exact) mass is 270 g/mol. The smallest absolute Gasteiger partial charge is 0.407 e. The van der Waals surface area contributed by atoms with Gasteiger partial charge in [0.2, 0.25) is 0 Å². The first kappa shape index (κ1) is 14.9. The van der Waals surface area contributed by atoms with E-state index in [2.05, 4.69) is 25.5 Å². The highest BCUT2D eigenvalue weighted by Crippen LogP contribution is 2.07. The molecule has 8 heteroatoms. The van der Waals surface area contributed by atoms with Gasteiger partial charge in [0.25, 0.3) is 0 Å². The Hall–Kier alpha value is -2.12. The highest BCUT2D eigenvalue weighted by atomic mass is 16.6. The lowest BCUT2D eigenvalue weighted by Crippen LogP contribution is -2.33. The van der Waals surface area contributed by atoms with Crippen molar-refractivity contribution in [3.8, 4) is 0 Å². The Balaban J connectivity index is 2.44. The van der Waals surface area contributed by atoms with Crippen molar-refractivity contribution in [2.45, 2.75) is 32.8 Å². The van der Waals surface area contributed by atoms with Gasteiger partial charge >= 0.3 is 12.1 Å². The molecule has 106 valence electrons. The van der Waals surface area contributed by atoms with E-state index < -0.39 is 17.7 Å². The molecule has 0 aliphatic heterocycles. The molecular weight excluding hydrogens is 252 g/mol. The zero-order valence-electron chi connectivity index (χ0n) is 11.4. The van der Waals surface area contributed by atoms with Crippen LogP contribution in [0.5, 0.6) is 0 Å². The maximum atomic E-state index is 11.4. The van der Waals surface area contributed by atoms with E-state index in [-0.39, 0.29) is 12.2 Å². The molecule has 1 heterocycles. The zero-order valence-corrected chi connectivity index (χ0v) is 11.4. The molecule has 1 aromatic heterocycles. The largest absolute Gasteiger partial charge is 0.464 e. The summed E-state index contributed by atoms with van der Waals surface area (Å²) >= 11 is 0.